The number of benzene rings is 2. The normalized spacial score (nSPS) is 22.1. The van der Waals surface area contributed by atoms with Crippen LogP contribution >= 0.6 is 11.8 Å². The van der Waals surface area contributed by atoms with Crippen molar-refractivity contribution in [2.75, 3.05) is 57.2 Å². The lowest BCUT2D eigenvalue weighted by molar-refractivity contribution is 0.107. The van der Waals surface area contributed by atoms with Gasteiger partial charge in [-0.1, -0.05) is 12.0 Å². The molecule has 3 aliphatic rings. The number of rotatable bonds is 6. The molecule has 0 aliphatic carbocycles. The predicted octanol–water partition coefficient (Wildman–Crippen LogP) is 5.71. The summed E-state index contributed by atoms with van der Waals surface area (Å²) in [5.74, 6) is 1.26. The number of thioether (sulfide) groups is 1. The van der Waals surface area contributed by atoms with E-state index in [2.05, 4.69) is 15.8 Å². The molecule has 2 aromatic heterocycles. The number of phenols is 1. The van der Waals surface area contributed by atoms with Crippen LogP contribution in [0.25, 0.3) is 32.9 Å². The quantitative estimate of drug-likeness (QED) is 0.212. The van der Waals surface area contributed by atoms with Crippen molar-refractivity contribution >= 4 is 39.3 Å². The van der Waals surface area contributed by atoms with E-state index in [1.807, 2.05) is 11.2 Å². The van der Waals surface area contributed by atoms with Gasteiger partial charge in [-0.2, -0.15) is 9.97 Å². The highest BCUT2D eigenvalue weighted by molar-refractivity contribution is 7.98. The smallest absolute Gasteiger partial charge is 0.319 e. The maximum absolute atomic E-state index is 16.9. The number of aromatic nitrogens is 3. The minimum Gasteiger partial charge on any atom is -0.508 e. The van der Waals surface area contributed by atoms with Gasteiger partial charge < -0.3 is 19.5 Å². The van der Waals surface area contributed by atoms with Gasteiger partial charge in [-0.25, -0.2) is 18.2 Å². The summed E-state index contributed by atoms with van der Waals surface area (Å²) in [6.45, 7) is 3.56. The highest BCUT2D eigenvalue weighted by atomic mass is 32.2. The van der Waals surface area contributed by atoms with E-state index in [0.717, 1.165) is 25.8 Å². The number of phenolic OH excluding ortho intramolecular Hbond substituents is 1. The van der Waals surface area contributed by atoms with Gasteiger partial charge in [-0.05, 0) is 55.6 Å². The van der Waals surface area contributed by atoms with E-state index in [4.69, 9.17) is 25.9 Å². The SMILES string of the molecule is C#Cc1c(F)ccc2cc(O)cc(-c3nc(SC)c4c(N5CCCOCC5)nc(OC[C@@]56CCCN5C[C@H](F)C6)nc4c3F)c12. The number of ether oxygens (including phenoxy) is 2. The van der Waals surface area contributed by atoms with Crippen molar-refractivity contribution in [3.8, 4) is 35.4 Å². The third-order valence-corrected chi connectivity index (χ3v) is 9.79. The van der Waals surface area contributed by atoms with E-state index >= 15 is 4.39 Å². The van der Waals surface area contributed by atoms with Crippen molar-refractivity contribution in [3.63, 3.8) is 0 Å². The number of alkyl halides is 1. The molecule has 45 heavy (non-hydrogen) atoms. The Kier molecular flexibility index (Phi) is 7.88. The molecule has 2 aromatic carbocycles. The number of nitrogens with zero attached hydrogens (tertiary/aromatic N) is 5. The van der Waals surface area contributed by atoms with Gasteiger partial charge in [0, 0.05) is 43.6 Å². The number of aromatic hydroxyl groups is 1. The predicted molar refractivity (Wildman–Crippen MR) is 168 cm³/mol. The number of pyridine rings is 1. The molecule has 7 rings (SSSR count). The zero-order valence-electron chi connectivity index (χ0n) is 24.8. The zero-order valence-corrected chi connectivity index (χ0v) is 25.6. The molecule has 0 radical (unpaired) electrons. The summed E-state index contributed by atoms with van der Waals surface area (Å²) < 4.78 is 58.2. The summed E-state index contributed by atoms with van der Waals surface area (Å²) in [5, 5.41) is 12.1. The average Bonchev–Trinajstić information content (AvgIpc) is 3.41. The van der Waals surface area contributed by atoms with Gasteiger partial charge in [0.25, 0.3) is 0 Å². The number of terminal acetylenes is 1. The van der Waals surface area contributed by atoms with Gasteiger partial charge in [-0.3, -0.25) is 4.90 Å². The molecule has 0 spiro atoms. The van der Waals surface area contributed by atoms with Crippen molar-refractivity contribution in [2.24, 2.45) is 0 Å². The van der Waals surface area contributed by atoms with Crippen molar-refractivity contribution < 1.29 is 27.8 Å². The Hall–Kier alpha value is -3.79. The second-order valence-electron chi connectivity index (χ2n) is 11.8. The van der Waals surface area contributed by atoms with Crippen LogP contribution in [-0.2, 0) is 4.74 Å². The highest BCUT2D eigenvalue weighted by Gasteiger charge is 2.49. The van der Waals surface area contributed by atoms with E-state index in [1.165, 1.54) is 36.0 Å². The van der Waals surface area contributed by atoms with Crippen LogP contribution in [0.1, 0.15) is 31.2 Å². The number of halogens is 3. The first kappa shape index (κ1) is 29.9. The first-order chi connectivity index (χ1) is 21.8. The number of anilines is 1. The van der Waals surface area contributed by atoms with Gasteiger partial charge >= 0.3 is 6.01 Å². The van der Waals surface area contributed by atoms with Crippen molar-refractivity contribution in [1.29, 1.82) is 0 Å². The molecule has 8 nitrogen and oxygen atoms in total. The van der Waals surface area contributed by atoms with Crippen LogP contribution in [0.3, 0.4) is 0 Å². The molecule has 1 N–H and O–H groups in total. The summed E-state index contributed by atoms with van der Waals surface area (Å²) in [6.07, 6.45) is 9.46. The molecule has 0 amide bonds. The Balaban J connectivity index is 1.43. The van der Waals surface area contributed by atoms with Crippen LogP contribution in [0, 0.1) is 24.0 Å². The van der Waals surface area contributed by atoms with E-state index in [-0.39, 0.29) is 46.1 Å². The van der Waals surface area contributed by atoms with Crippen LogP contribution in [0.15, 0.2) is 29.3 Å². The van der Waals surface area contributed by atoms with Crippen molar-refractivity contribution in [2.45, 2.75) is 42.4 Å². The van der Waals surface area contributed by atoms with Crippen molar-refractivity contribution in [1.82, 2.24) is 19.9 Å². The molecule has 0 unspecified atom stereocenters. The molecule has 3 saturated heterocycles. The third-order valence-electron chi connectivity index (χ3n) is 9.11. The van der Waals surface area contributed by atoms with Gasteiger partial charge in [0.2, 0.25) is 0 Å². The van der Waals surface area contributed by atoms with E-state index in [9.17, 15) is 13.9 Å². The number of hydrogen-bond acceptors (Lipinski definition) is 9. The zero-order chi connectivity index (χ0) is 31.3. The summed E-state index contributed by atoms with van der Waals surface area (Å²) in [4.78, 5) is 18.3. The molecule has 2 atom stereocenters. The second kappa shape index (κ2) is 11.9. The molecule has 0 bridgehead atoms. The first-order valence-electron chi connectivity index (χ1n) is 15.0. The van der Waals surface area contributed by atoms with Crippen LogP contribution < -0.4 is 9.64 Å². The summed E-state index contributed by atoms with van der Waals surface area (Å²) in [5.41, 5.74) is -0.536. The standard InChI is InChI=1S/C33H32F3N5O3S/c1-3-22-24(35)7-6-19-14-21(42)15-23(25(19)22)28-27(36)29-26(31(37-28)45-2)30(40-9-5-12-43-13-11-40)39-32(38-29)44-18-33-8-4-10-41(33)17-20(34)16-33/h1,6-7,14-15,20,42H,4-5,8-13,16-18H2,2H3/t20-,33+/m1/s1. The van der Waals surface area contributed by atoms with Gasteiger partial charge in [0.05, 0.1) is 23.1 Å². The van der Waals surface area contributed by atoms with Crippen LogP contribution in [0.4, 0.5) is 19.0 Å². The Morgan fingerprint density at radius 2 is 2.00 bits per heavy atom. The van der Waals surface area contributed by atoms with Crippen LogP contribution in [0.2, 0.25) is 0 Å². The summed E-state index contributed by atoms with van der Waals surface area (Å²) in [7, 11) is 0. The fourth-order valence-electron chi connectivity index (χ4n) is 7.08. The summed E-state index contributed by atoms with van der Waals surface area (Å²) in [6, 6.07) is 5.44. The monoisotopic (exact) mass is 635 g/mol. The minimum atomic E-state index is -0.927. The third kappa shape index (κ3) is 5.20. The molecule has 234 valence electrons. The lowest BCUT2D eigenvalue weighted by Crippen LogP contribution is -2.43. The first-order valence-corrected chi connectivity index (χ1v) is 16.3. The van der Waals surface area contributed by atoms with Gasteiger partial charge in [-0.15, -0.1) is 18.2 Å². The lowest BCUT2D eigenvalue weighted by atomic mass is 9.95. The maximum atomic E-state index is 16.9. The van der Waals surface area contributed by atoms with Gasteiger partial charge in [0.15, 0.2) is 5.82 Å². The molecule has 3 fully saturated rings. The molecule has 3 aliphatic heterocycles. The Bertz CT molecular complexity index is 1850. The fraction of sp³-hybridized carbons (Fsp3) is 0.424. The highest BCUT2D eigenvalue weighted by Crippen LogP contribution is 2.43. The molecule has 4 aromatic rings. The van der Waals surface area contributed by atoms with E-state index < -0.39 is 23.3 Å². The lowest BCUT2D eigenvalue weighted by Gasteiger charge is -2.31. The molecule has 5 heterocycles. The largest absolute Gasteiger partial charge is 0.508 e. The fourth-order valence-corrected chi connectivity index (χ4v) is 7.66. The number of hydrogen-bond donors (Lipinski definition) is 1. The second-order valence-corrected chi connectivity index (χ2v) is 12.6. The molecule has 12 heteroatoms. The number of fused-ring (bicyclic) bond motifs is 3. The maximum Gasteiger partial charge on any atom is 0.319 e. The Labute approximate surface area is 262 Å². The Morgan fingerprint density at radius 1 is 1.13 bits per heavy atom. The van der Waals surface area contributed by atoms with Crippen LogP contribution in [-0.4, -0.2) is 88.9 Å². The van der Waals surface area contributed by atoms with E-state index in [0.29, 0.717) is 60.9 Å². The Morgan fingerprint density at radius 3 is 2.82 bits per heavy atom. The van der Waals surface area contributed by atoms with Crippen molar-refractivity contribution in [3.05, 3.63) is 41.5 Å². The topological polar surface area (TPSA) is 83.8 Å². The van der Waals surface area contributed by atoms with Crippen LogP contribution in [0.5, 0.6) is 11.8 Å². The average molecular weight is 636 g/mol. The molecule has 0 saturated carbocycles. The molecular formula is C33H32F3N5O3S. The summed E-state index contributed by atoms with van der Waals surface area (Å²) >= 11 is 1.29. The van der Waals surface area contributed by atoms with E-state index in [1.54, 1.807) is 0 Å². The molecular weight excluding hydrogens is 603 g/mol. The minimum absolute atomic E-state index is 0.0228. The van der Waals surface area contributed by atoms with Gasteiger partial charge in [0.1, 0.15) is 46.4 Å².